The van der Waals surface area contributed by atoms with E-state index < -0.39 is 26.0 Å². The Hall–Kier alpha value is -2.67. The van der Waals surface area contributed by atoms with E-state index in [9.17, 15) is 21.6 Å². The molecule has 0 radical (unpaired) electrons. The molecule has 1 fully saturated rings. The number of aryl methyl sites for hydroxylation is 1. The Kier molecular flexibility index (Phi) is 8.12. The first kappa shape index (κ1) is 27.4. The van der Waals surface area contributed by atoms with E-state index in [0.717, 1.165) is 0 Å². The second-order valence-corrected chi connectivity index (χ2v) is 12.6. The molecule has 1 aliphatic rings. The molecular weight excluding hydrogens is 561 g/mol. The zero-order valence-electron chi connectivity index (χ0n) is 19.6. The summed E-state index contributed by atoms with van der Waals surface area (Å²) in [5.41, 5.74) is 1.23. The predicted molar refractivity (Wildman–Crippen MR) is 142 cm³/mol. The Labute approximate surface area is 225 Å². The van der Waals surface area contributed by atoms with Gasteiger partial charge < -0.3 is 10.1 Å². The highest BCUT2D eigenvalue weighted by Crippen LogP contribution is 2.31. The van der Waals surface area contributed by atoms with E-state index in [2.05, 4.69) is 10.0 Å². The van der Waals surface area contributed by atoms with Crippen molar-refractivity contribution in [2.24, 2.45) is 0 Å². The van der Waals surface area contributed by atoms with Crippen molar-refractivity contribution in [1.82, 2.24) is 4.31 Å². The van der Waals surface area contributed by atoms with Gasteiger partial charge in [0.05, 0.1) is 38.7 Å². The monoisotopic (exact) mass is 583 g/mol. The molecule has 37 heavy (non-hydrogen) atoms. The minimum atomic E-state index is -3.98. The highest BCUT2D eigenvalue weighted by molar-refractivity contribution is 7.92. The van der Waals surface area contributed by atoms with Gasteiger partial charge in [0.25, 0.3) is 15.9 Å². The molecule has 196 valence electrons. The van der Waals surface area contributed by atoms with Crippen LogP contribution in [-0.4, -0.2) is 53.4 Å². The van der Waals surface area contributed by atoms with Crippen LogP contribution in [-0.2, 0) is 24.8 Å². The second-order valence-electron chi connectivity index (χ2n) is 8.18. The fraction of sp³-hybridized carbons (Fsp3) is 0.208. The highest BCUT2D eigenvalue weighted by Gasteiger charge is 2.27. The number of nitrogens with zero attached hydrogens (tertiary/aromatic N) is 1. The molecule has 1 aliphatic heterocycles. The zero-order valence-corrected chi connectivity index (χ0v) is 22.7. The van der Waals surface area contributed by atoms with Crippen LogP contribution in [0.1, 0.15) is 15.9 Å². The molecule has 0 unspecified atom stereocenters. The summed E-state index contributed by atoms with van der Waals surface area (Å²) in [7, 11) is -7.75. The largest absolute Gasteiger partial charge is 0.379 e. The van der Waals surface area contributed by atoms with E-state index in [1.54, 1.807) is 19.1 Å². The van der Waals surface area contributed by atoms with Crippen molar-refractivity contribution < 1.29 is 26.4 Å². The second kappa shape index (κ2) is 11.0. The number of amides is 1. The van der Waals surface area contributed by atoms with E-state index in [1.165, 1.54) is 52.8 Å². The first-order valence-electron chi connectivity index (χ1n) is 11.1. The van der Waals surface area contributed by atoms with Gasteiger partial charge in [-0.1, -0.05) is 35.3 Å². The van der Waals surface area contributed by atoms with Gasteiger partial charge >= 0.3 is 0 Å². The van der Waals surface area contributed by atoms with Crippen LogP contribution in [0.3, 0.4) is 0 Å². The average Bonchev–Trinajstić information content (AvgIpc) is 2.87. The number of hydrogen-bond donors (Lipinski definition) is 2. The van der Waals surface area contributed by atoms with E-state index in [-0.39, 0.29) is 44.2 Å². The fourth-order valence-electron chi connectivity index (χ4n) is 3.64. The number of carbonyl (C=O) groups excluding carboxylic acids is 1. The van der Waals surface area contributed by atoms with Crippen molar-refractivity contribution >= 4 is 60.5 Å². The summed E-state index contributed by atoms with van der Waals surface area (Å²) in [5, 5.41) is 2.96. The number of ether oxygens (including phenoxy) is 1. The number of halogens is 2. The molecule has 3 aromatic carbocycles. The molecule has 0 spiro atoms. The minimum Gasteiger partial charge on any atom is -0.379 e. The first-order valence-corrected chi connectivity index (χ1v) is 14.7. The summed E-state index contributed by atoms with van der Waals surface area (Å²) < 4.78 is 60.4. The number of morpholine rings is 1. The molecule has 1 heterocycles. The van der Waals surface area contributed by atoms with Crippen LogP contribution in [0, 0.1) is 6.92 Å². The molecule has 3 aromatic rings. The van der Waals surface area contributed by atoms with Gasteiger partial charge in [0.1, 0.15) is 0 Å². The van der Waals surface area contributed by atoms with E-state index in [0.29, 0.717) is 24.5 Å². The lowest BCUT2D eigenvalue weighted by molar-refractivity contribution is 0.0730. The van der Waals surface area contributed by atoms with Gasteiger partial charge in [-0.3, -0.25) is 9.52 Å². The van der Waals surface area contributed by atoms with Gasteiger partial charge in [0, 0.05) is 24.3 Å². The van der Waals surface area contributed by atoms with Gasteiger partial charge in [0.15, 0.2) is 0 Å². The quantitative estimate of drug-likeness (QED) is 0.425. The van der Waals surface area contributed by atoms with Gasteiger partial charge in [-0.15, -0.1) is 0 Å². The Bertz CT molecular complexity index is 1540. The van der Waals surface area contributed by atoms with Crippen LogP contribution in [0.15, 0.2) is 70.5 Å². The molecule has 0 bridgehead atoms. The highest BCUT2D eigenvalue weighted by atomic mass is 35.5. The molecule has 13 heteroatoms. The minimum absolute atomic E-state index is 0.0114. The summed E-state index contributed by atoms with van der Waals surface area (Å²) in [6.07, 6.45) is 0. The normalized spacial score (nSPS) is 14.8. The van der Waals surface area contributed by atoms with Gasteiger partial charge in [-0.05, 0) is 61.0 Å². The molecule has 1 amide bonds. The standard InChI is InChI=1S/C24H23Cl2N3O6S2/c1-16-5-8-19(37(33,34)29-11-13-35-14-12-29)15-20(16)24(30)27-17-6-9-18(10-7-17)36(31,32)28-22-4-2-3-21(25)23(22)26/h2-10,15,28H,11-14H2,1H3,(H,27,30). The molecule has 1 saturated heterocycles. The smallest absolute Gasteiger partial charge is 0.261 e. The van der Waals surface area contributed by atoms with Gasteiger partial charge in [0.2, 0.25) is 10.0 Å². The number of benzene rings is 3. The van der Waals surface area contributed by atoms with Crippen LogP contribution < -0.4 is 10.0 Å². The predicted octanol–water partition coefficient (Wildman–Crippen LogP) is 4.38. The summed E-state index contributed by atoms with van der Waals surface area (Å²) >= 11 is 12.0. The third kappa shape index (κ3) is 6.08. The Morgan fingerprint density at radius 3 is 2.24 bits per heavy atom. The summed E-state index contributed by atoms with van der Waals surface area (Å²) in [6.45, 7) is 2.80. The van der Waals surface area contributed by atoms with E-state index in [1.807, 2.05) is 0 Å². The molecular formula is C24H23Cl2N3O6S2. The van der Waals surface area contributed by atoms with Crippen molar-refractivity contribution in [3.05, 3.63) is 81.8 Å². The molecule has 0 aliphatic carbocycles. The summed E-state index contributed by atoms with van der Waals surface area (Å²) in [6, 6.07) is 14.5. The maximum Gasteiger partial charge on any atom is 0.261 e. The van der Waals surface area contributed by atoms with Crippen LogP contribution in [0.2, 0.25) is 10.0 Å². The number of nitrogens with one attached hydrogen (secondary N) is 2. The summed E-state index contributed by atoms with van der Waals surface area (Å²) in [4.78, 5) is 12.9. The van der Waals surface area contributed by atoms with Crippen molar-refractivity contribution in [2.75, 3.05) is 36.3 Å². The van der Waals surface area contributed by atoms with E-state index >= 15 is 0 Å². The van der Waals surface area contributed by atoms with Crippen LogP contribution >= 0.6 is 23.2 Å². The molecule has 0 aromatic heterocycles. The number of anilines is 2. The molecule has 4 rings (SSSR count). The van der Waals surface area contributed by atoms with E-state index in [4.69, 9.17) is 27.9 Å². The maximum atomic E-state index is 13.0. The van der Waals surface area contributed by atoms with Gasteiger partial charge in [-0.2, -0.15) is 4.31 Å². The Balaban J connectivity index is 1.51. The van der Waals surface area contributed by atoms with Crippen LogP contribution in [0.25, 0.3) is 0 Å². The topological polar surface area (TPSA) is 122 Å². The Morgan fingerprint density at radius 2 is 1.57 bits per heavy atom. The average molecular weight is 585 g/mol. The molecule has 9 nitrogen and oxygen atoms in total. The number of hydrogen-bond acceptors (Lipinski definition) is 6. The number of sulfonamides is 2. The lowest BCUT2D eigenvalue weighted by atomic mass is 10.1. The van der Waals surface area contributed by atoms with Crippen LogP contribution in [0.4, 0.5) is 11.4 Å². The maximum absolute atomic E-state index is 13.0. The third-order valence-corrected chi connectivity index (χ3v) is 9.77. The fourth-order valence-corrected chi connectivity index (χ4v) is 6.55. The van der Waals surface area contributed by atoms with Crippen molar-refractivity contribution in [1.29, 1.82) is 0 Å². The number of carbonyl (C=O) groups is 1. The number of rotatable bonds is 7. The van der Waals surface area contributed by atoms with Crippen molar-refractivity contribution in [3.8, 4) is 0 Å². The SMILES string of the molecule is Cc1ccc(S(=O)(=O)N2CCOCC2)cc1C(=O)Nc1ccc(S(=O)(=O)Nc2cccc(Cl)c2Cl)cc1. The molecule has 0 atom stereocenters. The molecule has 0 saturated carbocycles. The zero-order chi connectivity index (χ0) is 26.8. The molecule has 2 N–H and O–H groups in total. The lowest BCUT2D eigenvalue weighted by Crippen LogP contribution is -2.40. The Morgan fingerprint density at radius 1 is 0.919 bits per heavy atom. The van der Waals surface area contributed by atoms with Crippen molar-refractivity contribution in [3.63, 3.8) is 0 Å². The van der Waals surface area contributed by atoms with Gasteiger partial charge in [-0.25, -0.2) is 16.8 Å². The van der Waals surface area contributed by atoms with Crippen LogP contribution in [0.5, 0.6) is 0 Å². The lowest BCUT2D eigenvalue weighted by Gasteiger charge is -2.26. The third-order valence-electron chi connectivity index (χ3n) is 5.68. The summed E-state index contributed by atoms with van der Waals surface area (Å²) in [5.74, 6) is -0.532. The van der Waals surface area contributed by atoms with Crippen molar-refractivity contribution in [2.45, 2.75) is 16.7 Å². The first-order chi connectivity index (χ1) is 17.5.